The van der Waals surface area contributed by atoms with Crippen LogP contribution in [0.25, 0.3) is 0 Å². The molecule has 0 atom stereocenters. The maximum atomic E-state index is 11.9. The first-order valence-electron chi connectivity index (χ1n) is 4.73. The van der Waals surface area contributed by atoms with Gasteiger partial charge in [-0.1, -0.05) is 0 Å². The zero-order valence-corrected chi connectivity index (χ0v) is 12.7. The number of aromatic nitrogens is 2. The highest BCUT2D eigenvalue weighted by Crippen LogP contribution is 2.20. The Morgan fingerprint density at radius 3 is 2.50 bits per heavy atom. The van der Waals surface area contributed by atoms with Crippen LogP contribution in [-0.2, 0) is 4.79 Å². The van der Waals surface area contributed by atoms with E-state index in [2.05, 4.69) is 52.5 Å². The average molecular weight is 382 g/mol. The van der Waals surface area contributed by atoms with Gasteiger partial charge in [0.2, 0.25) is 0 Å². The summed E-state index contributed by atoms with van der Waals surface area (Å²) in [7, 11) is 0. The van der Waals surface area contributed by atoms with Crippen molar-refractivity contribution in [2.75, 3.05) is 5.32 Å². The summed E-state index contributed by atoms with van der Waals surface area (Å²) in [4.78, 5) is 30.4. The van der Waals surface area contributed by atoms with Gasteiger partial charge in [-0.2, -0.15) is 0 Å². The minimum absolute atomic E-state index is 0.212. The Kier molecular flexibility index (Phi) is 4.63. The van der Waals surface area contributed by atoms with Crippen molar-refractivity contribution in [1.29, 1.82) is 0 Å². The molecule has 1 rings (SSSR count). The number of carboxylic acid groups (broad SMARTS) is 1. The van der Waals surface area contributed by atoms with E-state index >= 15 is 0 Å². The van der Waals surface area contributed by atoms with E-state index in [4.69, 9.17) is 5.11 Å². The number of carbonyl (C=O) groups is 2. The van der Waals surface area contributed by atoms with Gasteiger partial charge in [0.05, 0.1) is 6.20 Å². The fourth-order valence-electron chi connectivity index (χ4n) is 1.02. The molecular formula is C9H10Br2N4O3. The lowest BCUT2D eigenvalue weighted by atomic mass is 10.1. The van der Waals surface area contributed by atoms with Gasteiger partial charge in [0.1, 0.15) is 14.7 Å². The zero-order chi connectivity index (χ0) is 13.9. The summed E-state index contributed by atoms with van der Waals surface area (Å²) in [5.41, 5.74) is -1.28. The van der Waals surface area contributed by atoms with Gasteiger partial charge in [-0.3, -0.25) is 4.79 Å². The molecule has 9 heteroatoms. The second-order valence-electron chi connectivity index (χ2n) is 3.84. The second kappa shape index (κ2) is 5.61. The summed E-state index contributed by atoms with van der Waals surface area (Å²) in [6, 6.07) is 0. The van der Waals surface area contributed by atoms with Crippen molar-refractivity contribution in [3.8, 4) is 0 Å². The summed E-state index contributed by atoms with van der Waals surface area (Å²) in [6.07, 6.45) is 0.133. The number of hydrogen-bond acceptors (Lipinski definition) is 4. The van der Waals surface area contributed by atoms with Crippen LogP contribution in [0.15, 0.2) is 15.4 Å². The van der Waals surface area contributed by atoms with E-state index in [1.54, 1.807) is 0 Å². The van der Waals surface area contributed by atoms with Gasteiger partial charge in [0.15, 0.2) is 5.82 Å². The predicted octanol–water partition coefficient (Wildman–Crippen LogP) is 1.99. The molecule has 18 heavy (non-hydrogen) atoms. The van der Waals surface area contributed by atoms with E-state index in [1.165, 1.54) is 20.0 Å². The van der Waals surface area contributed by atoms with Crippen molar-refractivity contribution in [3.63, 3.8) is 0 Å². The van der Waals surface area contributed by atoms with Gasteiger partial charge in [-0.05, 0) is 45.7 Å². The molecule has 0 spiro atoms. The minimum atomic E-state index is -1.28. The van der Waals surface area contributed by atoms with E-state index in [0.717, 1.165) is 0 Å². The first-order chi connectivity index (χ1) is 8.22. The molecule has 1 aromatic rings. The Morgan fingerprint density at radius 2 is 2.00 bits per heavy atom. The lowest BCUT2D eigenvalue weighted by molar-refractivity contribution is -0.121. The molecule has 0 aromatic carbocycles. The number of nitrogens with zero attached hydrogens (tertiary/aromatic N) is 2. The molecular weight excluding hydrogens is 372 g/mol. The normalized spacial score (nSPS) is 10.9. The monoisotopic (exact) mass is 380 g/mol. The maximum absolute atomic E-state index is 11.9. The molecule has 1 aromatic heterocycles. The molecule has 1 heterocycles. The highest BCUT2D eigenvalue weighted by Gasteiger charge is 2.30. The number of amides is 2. The van der Waals surface area contributed by atoms with E-state index in [0.29, 0.717) is 9.21 Å². The third kappa shape index (κ3) is 3.91. The summed E-state index contributed by atoms with van der Waals surface area (Å²) >= 11 is 6.27. The molecule has 0 bridgehead atoms. The Balaban J connectivity index is 2.84. The van der Waals surface area contributed by atoms with Crippen molar-refractivity contribution in [1.82, 2.24) is 15.3 Å². The van der Waals surface area contributed by atoms with Crippen molar-refractivity contribution < 1.29 is 14.7 Å². The first kappa shape index (κ1) is 14.8. The Bertz CT molecular complexity index is 493. The molecule has 0 aliphatic rings. The van der Waals surface area contributed by atoms with Crippen LogP contribution in [0.1, 0.15) is 13.8 Å². The van der Waals surface area contributed by atoms with Crippen LogP contribution < -0.4 is 10.6 Å². The lowest BCUT2D eigenvalue weighted by Crippen LogP contribution is -2.52. The fraction of sp³-hybridized carbons (Fsp3) is 0.333. The average Bonchev–Trinajstić information content (AvgIpc) is 2.20. The highest BCUT2D eigenvalue weighted by atomic mass is 79.9. The molecule has 0 unspecified atom stereocenters. The molecule has 7 nitrogen and oxygen atoms in total. The van der Waals surface area contributed by atoms with Gasteiger partial charge < -0.3 is 15.7 Å². The van der Waals surface area contributed by atoms with Gasteiger partial charge in [-0.15, -0.1) is 0 Å². The van der Waals surface area contributed by atoms with E-state index in [9.17, 15) is 9.59 Å². The van der Waals surface area contributed by atoms with Crippen molar-refractivity contribution in [3.05, 3.63) is 15.4 Å². The van der Waals surface area contributed by atoms with Crippen LogP contribution in [-0.4, -0.2) is 32.6 Å². The third-order valence-corrected chi connectivity index (χ3v) is 2.85. The first-order valence-corrected chi connectivity index (χ1v) is 6.31. The molecule has 2 amide bonds. The standard InChI is InChI=1S/C9H10Br2N4O3/c1-9(2,15-8(17)18)7(16)14-6-5(11)13-4(10)3-12-6/h3,15H,1-2H3,(H,17,18)(H,12,14,16). The number of hydrogen-bond donors (Lipinski definition) is 3. The smallest absolute Gasteiger partial charge is 0.405 e. The number of rotatable bonds is 3. The molecule has 0 saturated carbocycles. The number of anilines is 1. The Morgan fingerprint density at radius 1 is 1.39 bits per heavy atom. The van der Waals surface area contributed by atoms with Crippen molar-refractivity contribution in [2.24, 2.45) is 0 Å². The van der Waals surface area contributed by atoms with Crippen LogP contribution in [0.3, 0.4) is 0 Å². The van der Waals surface area contributed by atoms with Crippen LogP contribution in [0, 0.1) is 0 Å². The summed E-state index contributed by atoms with van der Waals surface area (Å²) < 4.78 is 0.853. The topological polar surface area (TPSA) is 104 Å². The van der Waals surface area contributed by atoms with Gasteiger partial charge in [0.25, 0.3) is 5.91 Å². The van der Waals surface area contributed by atoms with Crippen molar-refractivity contribution in [2.45, 2.75) is 19.4 Å². The van der Waals surface area contributed by atoms with E-state index < -0.39 is 17.5 Å². The lowest BCUT2D eigenvalue weighted by Gasteiger charge is -2.23. The molecule has 0 saturated heterocycles. The maximum Gasteiger partial charge on any atom is 0.405 e. The molecule has 0 radical (unpaired) electrons. The fourth-order valence-corrected chi connectivity index (χ4v) is 1.93. The largest absolute Gasteiger partial charge is 0.465 e. The van der Waals surface area contributed by atoms with Crippen molar-refractivity contribution >= 4 is 49.7 Å². The van der Waals surface area contributed by atoms with Crippen LogP contribution >= 0.6 is 31.9 Å². The zero-order valence-electron chi connectivity index (χ0n) is 9.49. The molecule has 0 aliphatic carbocycles. The molecule has 0 aliphatic heterocycles. The Labute approximate surface area is 120 Å². The molecule has 98 valence electrons. The number of halogens is 2. The van der Waals surface area contributed by atoms with E-state index in [1.807, 2.05) is 0 Å². The minimum Gasteiger partial charge on any atom is -0.465 e. The quantitative estimate of drug-likeness (QED) is 0.742. The summed E-state index contributed by atoms with van der Waals surface area (Å²) in [5, 5.41) is 13.2. The number of carbonyl (C=O) groups excluding carboxylic acids is 1. The summed E-state index contributed by atoms with van der Waals surface area (Å²) in [6.45, 7) is 2.88. The number of nitrogens with one attached hydrogen (secondary N) is 2. The SMILES string of the molecule is CC(C)(NC(=O)O)C(=O)Nc1ncc(Br)nc1Br. The van der Waals surface area contributed by atoms with Crippen LogP contribution in [0.5, 0.6) is 0 Å². The van der Waals surface area contributed by atoms with Crippen LogP contribution in [0.2, 0.25) is 0 Å². The summed E-state index contributed by atoms with van der Waals surface area (Å²) in [5.74, 6) is -0.328. The second-order valence-corrected chi connectivity index (χ2v) is 5.41. The Hall–Kier alpha value is -1.22. The van der Waals surface area contributed by atoms with Gasteiger partial charge >= 0.3 is 6.09 Å². The van der Waals surface area contributed by atoms with E-state index in [-0.39, 0.29) is 5.82 Å². The van der Waals surface area contributed by atoms with Gasteiger partial charge in [-0.25, -0.2) is 14.8 Å². The van der Waals surface area contributed by atoms with Gasteiger partial charge in [0, 0.05) is 0 Å². The molecule has 0 fully saturated rings. The third-order valence-electron chi connectivity index (χ3n) is 1.92. The molecule has 3 N–H and O–H groups in total. The predicted molar refractivity (Wildman–Crippen MR) is 71.3 cm³/mol. The van der Waals surface area contributed by atoms with Crippen LogP contribution in [0.4, 0.5) is 10.6 Å². The highest BCUT2D eigenvalue weighted by molar-refractivity contribution is 9.11.